The Bertz CT molecular complexity index is 586. The molecule has 0 aliphatic heterocycles. The summed E-state index contributed by atoms with van der Waals surface area (Å²) in [6.07, 6.45) is 0. The van der Waals surface area contributed by atoms with Crippen molar-refractivity contribution in [3.05, 3.63) is 29.3 Å². The van der Waals surface area contributed by atoms with Gasteiger partial charge in [-0.05, 0) is 37.1 Å². The maximum absolute atomic E-state index is 8.50. The summed E-state index contributed by atoms with van der Waals surface area (Å²) >= 11 is 2.86. The number of aromatic nitrogens is 2. The van der Waals surface area contributed by atoms with Crippen molar-refractivity contribution in [2.45, 2.75) is 18.2 Å². The van der Waals surface area contributed by atoms with Crippen LogP contribution < -0.4 is 5.32 Å². The summed E-state index contributed by atoms with van der Waals surface area (Å²) in [5, 5.41) is 20.5. The number of nitriles is 1. The molecule has 4 nitrogen and oxygen atoms in total. The normalized spacial score (nSPS) is 10.1. The molecule has 0 aliphatic rings. The van der Waals surface area contributed by atoms with Crippen molar-refractivity contribution >= 4 is 33.9 Å². The third-order valence-corrected chi connectivity index (χ3v) is 4.26. The van der Waals surface area contributed by atoms with E-state index in [1.807, 2.05) is 6.07 Å². The number of nitrogens with zero attached hydrogens (tertiary/aromatic N) is 3. The molecule has 0 aliphatic carbocycles. The molecule has 1 N–H and O–H groups in total. The van der Waals surface area contributed by atoms with Crippen LogP contribution in [0.25, 0.3) is 0 Å². The van der Waals surface area contributed by atoms with Crippen molar-refractivity contribution in [2.75, 3.05) is 11.1 Å². The van der Waals surface area contributed by atoms with Crippen LogP contribution in [0.5, 0.6) is 0 Å². The van der Waals surface area contributed by atoms with Gasteiger partial charge in [-0.25, -0.2) is 0 Å². The van der Waals surface area contributed by atoms with Gasteiger partial charge in [0.15, 0.2) is 4.34 Å². The fourth-order valence-corrected chi connectivity index (χ4v) is 2.79. The smallest absolute Gasteiger partial charge is 0.210 e. The lowest BCUT2D eigenvalue weighted by Gasteiger charge is -2.05. The Morgan fingerprint density at radius 1 is 1.33 bits per heavy atom. The molecule has 0 bridgehead atoms. The van der Waals surface area contributed by atoms with Gasteiger partial charge in [0, 0.05) is 5.69 Å². The zero-order valence-electron chi connectivity index (χ0n) is 10.1. The van der Waals surface area contributed by atoms with Crippen LogP contribution in [0.15, 0.2) is 22.5 Å². The minimum absolute atomic E-state index is 0.401. The van der Waals surface area contributed by atoms with Crippen molar-refractivity contribution < 1.29 is 0 Å². The molecular formula is C12H12N4S2. The third-order valence-electron chi connectivity index (χ3n) is 2.42. The van der Waals surface area contributed by atoms with Crippen LogP contribution >= 0.6 is 23.1 Å². The molecule has 92 valence electrons. The molecule has 0 saturated carbocycles. The molecule has 0 fully saturated rings. The number of rotatable bonds is 4. The Morgan fingerprint density at radius 2 is 2.17 bits per heavy atom. The third kappa shape index (κ3) is 3.22. The van der Waals surface area contributed by atoms with Crippen LogP contribution in [0, 0.1) is 25.2 Å². The average molecular weight is 276 g/mol. The molecule has 0 amide bonds. The first kappa shape index (κ1) is 12.9. The summed E-state index contributed by atoms with van der Waals surface area (Å²) in [6.45, 7) is 4.16. The predicted molar refractivity (Wildman–Crippen MR) is 75.4 cm³/mol. The van der Waals surface area contributed by atoms with Crippen LogP contribution in [0.1, 0.15) is 11.1 Å². The fourth-order valence-electron chi connectivity index (χ4n) is 1.36. The van der Waals surface area contributed by atoms with E-state index in [4.69, 9.17) is 5.26 Å². The molecule has 18 heavy (non-hydrogen) atoms. The molecule has 0 spiro atoms. The van der Waals surface area contributed by atoms with Crippen LogP contribution in [0.2, 0.25) is 0 Å². The van der Waals surface area contributed by atoms with Crippen LogP contribution in [0.4, 0.5) is 10.8 Å². The highest BCUT2D eigenvalue weighted by atomic mass is 32.2. The van der Waals surface area contributed by atoms with E-state index >= 15 is 0 Å². The minimum Gasteiger partial charge on any atom is -0.330 e. The number of hydrogen-bond donors (Lipinski definition) is 1. The van der Waals surface area contributed by atoms with Gasteiger partial charge in [0.05, 0.1) is 11.8 Å². The first-order valence-electron chi connectivity index (χ1n) is 5.36. The summed E-state index contributed by atoms with van der Waals surface area (Å²) in [5.74, 6) is 0.401. The van der Waals surface area contributed by atoms with Crippen molar-refractivity contribution in [2.24, 2.45) is 0 Å². The van der Waals surface area contributed by atoms with Gasteiger partial charge in [-0.3, -0.25) is 0 Å². The topological polar surface area (TPSA) is 61.6 Å². The number of nitrogens with one attached hydrogen (secondary N) is 1. The van der Waals surface area contributed by atoms with Crippen LogP contribution in [0.3, 0.4) is 0 Å². The number of benzene rings is 1. The van der Waals surface area contributed by atoms with Gasteiger partial charge in [-0.1, -0.05) is 29.2 Å². The molecule has 6 heteroatoms. The van der Waals surface area contributed by atoms with E-state index in [1.54, 1.807) is 0 Å². The Hall–Kier alpha value is -1.58. The highest BCUT2D eigenvalue weighted by Crippen LogP contribution is 2.27. The highest BCUT2D eigenvalue weighted by molar-refractivity contribution is 8.01. The Morgan fingerprint density at radius 3 is 2.89 bits per heavy atom. The maximum atomic E-state index is 8.50. The van der Waals surface area contributed by atoms with Crippen molar-refractivity contribution in [1.29, 1.82) is 5.26 Å². The first-order chi connectivity index (χ1) is 8.69. The highest BCUT2D eigenvalue weighted by Gasteiger charge is 2.05. The second kappa shape index (κ2) is 5.85. The second-order valence-corrected chi connectivity index (χ2v) is 5.94. The van der Waals surface area contributed by atoms with Crippen molar-refractivity contribution in [1.82, 2.24) is 10.2 Å². The fraction of sp³-hybridized carbons (Fsp3) is 0.250. The zero-order valence-corrected chi connectivity index (χ0v) is 11.7. The lowest BCUT2D eigenvalue weighted by atomic mass is 10.1. The van der Waals surface area contributed by atoms with Gasteiger partial charge in [-0.15, -0.1) is 10.2 Å². The quantitative estimate of drug-likeness (QED) is 0.866. The summed E-state index contributed by atoms with van der Waals surface area (Å²) in [7, 11) is 0. The van der Waals surface area contributed by atoms with Gasteiger partial charge >= 0.3 is 0 Å². The molecule has 1 aromatic carbocycles. The monoisotopic (exact) mass is 276 g/mol. The maximum Gasteiger partial charge on any atom is 0.210 e. The summed E-state index contributed by atoms with van der Waals surface area (Å²) < 4.78 is 0.808. The van der Waals surface area contributed by atoms with E-state index in [1.165, 1.54) is 34.2 Å². The van der Waals surface area contributed by atoms with Gasteiger partial charge in [0.1, 0.15) is 0 Å². The molecule has 2 rings (SSSR count). The molecular weight excluding hydrogens is 264 g/mol. The summed E-state index contributed by atoms with van der Waals surface area (Å²) in [4.78, 5) is 0. The van der Waals surface area contributed by atoms with E-state index in [0.717, 1.165) is 15.2 Å². The number of thioether (sulfide) groups is 1. The van der Waals surface area contributed by atoms with Crippen LogP contribution in [-0.4, -0.2) is 16.0 Å². The van der Waals surface area contributed by atoms with E-state index < -0.39 is 0 Å². The first-order valence-corrected chi connectivity index (χ1v) is 7.17. The second-order valence-electron chi connectivity index (χ2n) is 3.74. The van der Waals surface area contributed by atoms with Crippen molar-refractivity contribution in [3.8, 4) is 6.07 Å². The van der Waals surface area contributed by atoms with Gasteiger partial charge in [0.25, 0.3) is 0 Å². The van der Waals surface area contributed by atoms with E-state index in [0.29, 0.717) is 5.75 Å². The number of hydrogen-bond acceptors (Lipinski definition) is 6. The lowest BCUT2D eigenvalue weighted by Crippen LogP contribution is -1.91. The number of aryl methyl sites for hydroxylation is 2. The molecule has 2 aromatic rings. The molecule has 1 aromatic heterocycles. The summed E-state index contributed by atoms with van der Waals surface area (Å²) in [5.41, 5.74) is 3.51. The molecule has 0 saturated heterocycles. The molecule has 0 radical (unpaired) electrons. The predicted octanol–water partition coefficient (Wildman–Crippen LogP) is 3.51. The Balaban J connectivity index is 2.07. The van der Waals surface area contributed by atoms with Crippen molar-refractivity contribution in [3.63, 3.8) is 0 Å². The molecule has 1 heterocycles. The largest absolute Gasteiger partial charge is 0.330 e. The van der Waals surface area contributed by atoms with Gasteiger partial charge < -0.3 is 5.32 Å². The lowest BCUT2D eigenvalue weighted by molar-refractivity contribution is 1.01. The zero-order chi connectivity index (χ0) is 13.0. The summed E-state index contributed by atoms with van der Waals surface area (Å²) in [6, 6.07) is 8.25. The Labute approximate surface area is 114 Å². The van der Waals surface area contributed by atoms with Gasteiger partial charge in [-0.2, -0.15) is 5.26 Å². The van der Waals surface area contributed by atoms with E-state index in [2.05, 4.69) is 47.6 Å². The standard InChI is InChI=1S/C12H12N4S2/c1-8-3-4-10(7-9(8)2)14-11-15-16-12(18-11)17-6-5-13/h3-4,7H,6H2,1-2H3,(H,14,15). The number of anilines is 2. The van der Waals surface area contributed by atoms with E-state index in [-0.39, 0.29) is 0 Å². The SMILES string of the molecule is Cc1ccc(Nc2nnc(SCC#N)s2)cc1C. The Kier molecular flexibility index (Phi) is 4.18. The van der Waals surface area contributed by atoms with Gasteiger partial charge in [0.2, 0.25) is 5.13 Å². The molecule has 0 atom stereocenters. The molecule has 0 unspecified atom stereocenters. The minimum atomic E-state index is 0.401. The average Bonchev–Trinajstić information content (AvgIpc) is 2.79. The van der Waals surface area contributed by atoms with Crippen LogP contribution in [-0.2, 0) is 0 Å². The van der Waals surface area contributed by atoms with E-state index in [9.17, 15) is 0 Å².